The van der Waals surface area contributed by atoms with Gasteiger partial charge in [-0.1, -0.05) is 27.2 Å². The van der Waals surface area contributed by atoms with Crippen LogP contribution in [-0.4, -0.2) is 30.4 Å². The summed E-state index contributed by atoms with van der Waals surface area (Å²) in [5.74, 6) is 0.789. The van der Waals surface area contributed by atoms with Crippen molar-refractivity contribution in [1.82, 2.24) is 4.90 Å². The summed E-state index contributed by atoms with van der Waals surface area (Å²) in [7, 11) is 1.90. The zero-order chi connectivity index (χ0) is 12.3. The summed E-state index contributed by atoms with van der Waals surface area (Å²) < 4.78 is 0. The Morgan fingerprint density at radius 1 is 1.41 bits per heavy atom. The first-order valence-electron chi connectivity index (χ1n) is 6.38. The molecule has 1 saturated carbocycles. The molecule has 0 saturated heterocycles. The Balaban J connectivity index is 0.00000256. The van der Waals surface area contributed by atoms with Crippen LogP contribution in [0.4, 0.5) is 0 Å². The number of amides is 1. The smallest absolute Gasteiger partial charge is 0.228 e. The Labute approximate surface area is 112 Å². The molecule has 3 nitrogen and oxygen atoms in total. The van der Waals surface area contributed by atoms with E-state index in [0.29, 0.717) is 11.8 Å². The summed E-state index contributed by atoms with van der Waals surface area (Å²) in [4.78, 5) is 14.0. The first-order valence-corrected chi connectivity index (χ1v) is 6.38. The van der Waals surface area contributed by atoms with Gasteiger partial charge in [-0.15, -0.1) is 12.4 Å². The molecular formula is C13H27ClN2O. The van der Waals surface area contributed by atoms with E-state index in [1.165, 1.54) is 6.42 Å². The number of nitrogens with zero attached hydrogens (tertiary/aromatic N) is 1. The Morgan fingerprint density at radius 2 is 1.94 bits per heavy atom. The number of carbonyl (C=O) groups excluding carboxylic acids is 1. The first kappa shape index (κ1) is 16.7. The lowest BCUT2D eigenvalue weighted by Crippen LogP contribution is -2.45. The summed E-state index contributed by atoms with van der Waals surface area (Å²) in [5, 5.41) is 0. The van der Waals surface area contributed by atoms with Crippen LogP contribution in [0.15, 0.2) is 0 Å². The molecule has 1 aliphatic carbocycles. The van der Waals surface area contributed by atoms with E-state index in [9.17, 15) is 4.79 Å². The van der Waals surface area contributed by atoms with Crippen molar-refractivity contribution in [3.05, 3.63) is 0 Å². The van der Waals surface area contributed by atoms with Gasteiger partial charge in [-0.05, 0) is 25.2 Å². The minimum atomic E-state index is -0.0727. The molecule has 4 heteroatoms. The Bertz CT molecular complexity index is 252. The molecule has 1 unspecified atom stereocenters. The van der Waals surface area contributed by atoms with Crippen molar-refractivity contribution in [2.24, 2.45) is 17.1 Å². The minimum absolute atomic E-state index is 0. The molecule has 0 aromatic carbocycles. The monoisotopic (exact) mass is 262 g/mol. The third-order valence-electron chi connectivity index (χ3n) is 3.97. The second kappa shape index (κ2) is 6.60. The van der Waals surface area contributed by atoms with Crippen LogP contribution in [0.2, 0.25) is 0 Å². The largest absolute Gasteiger partial charge is 0.345 e. The number of halogens is 1. The Morgan fingerprint density at radius 3 is 2.29 bits per heavy atom. The number of carbonyl (C=O) groups is 1. The molecule has 0 aliphatic heterocycles. The standard InChI is InChI=1S/C13H26N2O.ClH/c1-10(2)11(14)6-9-15(4)12(16)13(3)7-5-8-13;/h10-11H,5-9,14H2,1-4H3;1H. The molecule has 1 amide bonds. The van der Waals surface area contributed by atoms with Gasteiger partial charge in [-0.2, -0.15) is 0 Å². The van der Waals surface area contributed by atoms with Gasteiger partial charge in [0.15, 0.2) is 0 Å². The second-order valence-electron chi connectivity index (χ2n) is 5.84. The molecule has 0 heterocycles. The van der Waals surface area contributed by atoms with Crippen LogP contribution in [0.5, 0.6) is 0 Å². The number of rotatable bonds is 5. The summed E-state index contributed by atoms with van der Waals surface area (Å²) in [6.07, 6.45) is 4.19. The number of nitrogens with two attached hydrogens (primary N) is 1. The van der Waals surface area contributed by atoms with Crippen LogP contribution in [0.25, 0.3) is 0 Å². The van der Waals surface area contributed by atoms with Crippen LogP contribution >= 0.6 is 12.4 Å². The molecule has 1 atom stereocenters. The zero-order valence-electron chi connectivity index (χ0n) is 11.5. The highest BCUT2D eigenvalue weighted by Gasteiger charge is 2.40. The SMILES string of the molecule is CC(C)C(N)CCN(C)C(=O)C1(C)CCC1.Cl. The molecule has 1 aliphatic rings. The highest BCUT2D eigenvalue weighted by Crippen LogP contribution is 2.41. The van der Waals surface area contributed by atoms with Crippen molar-refractivity contribution in [2.45, 2.75) is 52.5 Å². The topological polar surface area (TPSA) is 46.3 Å². The van der Waals surface area contributed by atoms with Crippen molar-refractivity contribution in [1.29, 1.82) is 0 Å². The van der Waals surface area contributed by atoms with Crippen molar-refractivity contribution in [2.75, 3.05) is 13.6 Å². The number of hydrogen-bond acceptors (Lipinski definition) is 2. The molecule has 0 bridgehead atoms. The predicted octanol–water partition coefficient (Wildman–Crippen LogP) is 2.43. The summed E-state index contributed by atoms with van der Waals surface area (Å²) in [6, 6.07) is 0.199. The van der Waals surface area contributed by atoms with Crippen LogP contribution in [-0.2, 0) is 4.79 Å². The molecule has 1 rings (SSSR count). The normalized spacial score (nSPS) is 19.2. The van der Waals surface area contributed by atoms with E-state index in [4.69, 9.17) is 5.73 Å². The van der Waals surface area contributed by atoms with Gasteiger partial charge in [-0.3, -0.25) is 4.79 Å². The van der Waals surface area contributed by atoms with Gasteiger partial charge in [0.05, 0.1) is 0 Å². The average Bonchev–Trinajstić information content (AvgIpc) is 2.20. The van der Waals surface area contributed by atoms with E-state index in [2.05, 4.69) is 20.8 Å². The fourth-order valence-corrected chi connectivity index (χ4v) is 2.16. The second-order valence-corrected chi connectivity index (χ2v) is 5.84. The lowest BCUT2D eigenvalue weighted by Gasteiger charge is -2.39. The lowest BCUT2D eigenvalue weighted by molar-refractivity contribution is -0.144. The van der Waals surface area contributed by atoms with Gasteiger partial charge in [0.25, 0.3) is 0 Å². The molecule has 0 aromatic rings. The van der Waals surface area contributed by atoms with Crippen molar-refractivity contribution in [3.63, 3.8) is 0 Å². The van der Waals surface area contributed by atoms with Gasteiger partial charge < -0.3 is 10.6 Å². The summed E-state index contributed by atoms with van der Waals surface area (Å²) >= 11 is 0. The maximum Gasteiger partial charge on any atom is 0.228 e. The van der Waals surface area contributed by atoms with Gasteiger partial charge in [0, 0.05) is 25.0 Å². The maximum atomic E-state index is 12.1. The first-order chi connectivity index (χ1) is 7.37. The van der Waals surface area contributed by atoms with Gasteiger partial charge in [-0.25, -0.2) is 0 Å². The van der Waals surface area contributed by atoms with E-state index < -0.39 is 0 Å². The van der Waals surface area contributed by atoms with Crippen molar-refractivity contribution >= 4 is 18.3 Å². The van der Waals surface area contributed by atoms with E-state index in [0.717, 1.165) is 25.8 Å². The van der Waals surface area contributed by atoms with Crippen LogP contribution in [0, 0.1) is 11.3 Å². The molecule has 17 heavy (non-hydrogen) atoms. The fraction of sp³-hybridized carbons (Fsp3) is 0.923. The average molecular weight is 263 g/mol. The van der Waals surface area contributed by atoms with Crippen molar-refractivity contribution < 1.29 is 4.79 Å². The molecule has 1 fully saturated rings. The van der Waals surface area contributed by atoms with Gasteiger partial charge in [0.2, 0.25) is 5.91 Å². The molecular weight excluding hydrogens is 236 g/mol. The Kier molecular flexibility index (Phi) is 6.49. The molecule has 2 N–H and O–H groups in total. The predicted molar refractivity (Wildman–Crippen MR) is 74.3 cm³/mol. The van der Waals surface area contributed by atoms with E-state index >= 15 is 0 Å². The molecule has 0 radical (unpaired) electrons. The summed E-state index contributed by atoms with van der Waals surface area (Å²) in [6.45, 7) is 7.12. The third kappa shape index (κ3) is 4.14. The van der Waals surface area contributed by atoms with E-state index in [-0.39, 0.29) is 23.9 Å². The van der Waals surface area contributed by atoms with E-state index in [1.54, 1.807) is 0 Å². The van der Waals surface area contributed by atoms with Crippen LogP contribution in [0.1, 0.15) is 46.5 Å². The minimum Gasteiger partial charge on any atom is -0.345 e. The highest BCUT2D eigenvalue weighted by atomic mass is 35.5. The zero-order valence-corrected chi connectivity index (χ0v) is 12.3. The molecule has 0 aromatic heterocycles. The van der Waals surface area contributed by atoms with Crippen LogP contribution < -0.4 is 5.73 Å². The lowest BCUT2D eigenvalue weighted by atomic mass is 9.69. The molecule has 0 spiro atoms. The van der Waals surface area contributed by atoms with Crippen LogP contribution in [0.3, 0.4) is 0 Å². The quantitative estimate of drug-likeness (QED) is 0.827. The third-order valence-corrected chi connectivity index (χ3v) is 3.97. The maximum absolute atomic E-state index is 12.1. The van der Waals surface area contributed by atoms with Crippen molar-refractivity contribution in [3.8, 4) is 0 Å². The van der Waals surface area contributed by atoms with E-state index in [1.807, 2.05) is 11.9 Å². The van der Waals surface area contributed by atoms with Gasteiger partial charge >= 0.3 is 0 Å². The number of hydrogen-bond donors (Lipinski definition) is 1. The highest BCUT2D eigenvalue weighted by molar-refractivity contribution is 5.85. The fourth-order valence-electron chi connectivity index (χ4n) is 2.16. The molecule has 102 valence electrons. The van der Waals surface area contributed by atoms with Gasteiger partial charge in [0.1, 0.15) is 0 Å². The Hall–Kier alpha value is -0.280. The summed E-state index contributed by atoms with van der Waals surface area (Å²) in [5.41, 5.74) is 5.91.